The minimum atomic E-state index is -0.726. The zero-order valence-electron chi connectivity index (χ0n) is 15.7. The molecule has 0 aliphatic carbocycles. The molecule has 0 spiro atoms. The topological polar surface area (TPSA) is 74.5 Å². The molecule has 144 valence electrons. The smallest absolute Gasteiger partial charge is 0.331 e. The second kappa shape index (κ2) is 8.47. The Morgan fingerprint density at radius 2 is 1.93 bits per heavy atom. The van der Waals surface area contributed by atoms with Crippen molar-refractivity contribution in [3.05, 3.63) is 71.4 Å². The molecule has 7 heteroatoms. The van der Waals surface area contributed by atoms with E-state index in [0.717, 1.165) is 11.1 Å². The Kier molecular flexibility index (Phi) is 5.84. The summed E-state index contributed by atoms with van der Waals surface area (Å²) < 4.78 is 29.4. The fraction of sp³-hybridized carbons (Fsp3) is 0.190. The van der Waals surface area contributed by atoms with Crippen molar-refractivity contribution in [1.82, 2.24) is 10.2 Å². The monoisotopic (exact) mass is 382 g/mol. The Labute approximate surface area is 161 Å². The van der Waals surface area contributed by atoms with E-state index in [1.165, 1.54) is 31.4 Å². The number of aryl methyl sites for hydroxylation is 1. The molecule has 0 amide bonds. The van der Waals surface area contributed by atoms with Crippen LogP contribution in [0.25, 0.3) is 17.5 Å². The summed E-state index contributed by atoms with van der Waals surface area (Å²) in [6.07, 6.45) is 1.93. The number of ether oxygens (including phenoxy) is 2. The molecule has 3 aromatic rings. The third kappa shape index (κ3) is 4.62. The van der Waals surface area contributed by atoms with E-state index in [-0.39, 0.29) is 11.6 Å². The molecule has 0 radical (unpaired) electrons. The third-order valence-corrected chi connectivity index (χ3v) is 3.97. The largest absolute Gasteiger partial charge is 0.494 e. The summed E-state index contributed by atoms with van der Waals surface area (Å²) in [4.78, 5) is 12.0. The first-order valence-corrected chi connectivity index (χ1v) is 8.59. The summed E-state index contributed by atoms with van der Waals surface area (Å²) in [5.74, 6) is -0.455. The van der Waals surface area contributed by atoms with E-state index in [0.29, 0.717) is 11.5 Å². The lowest BCUT2D eigenvalue weighted by Crippen LogP contribution is -2.06. The van der Waals surface area contributed by atoms with E-state index in [1.807, 2.05) is 31.2 Å². The number of nitrogens with zero attached hydrogens (tertiary/aromatic N) is 2. The highest BCUT2D eigenvalue weighted by molar-refractivity contribution is 5.87. The maximum absolute atomic E-state index is 13.7. The summed E-state index contributed by atoms with van der Waals surface area (Å²) in [6.45, 7) is 3.61. The second-order valence-corrected chi connectivity index (χ2v) is 6.12. The zero-order chi connectivity index (χ0) is 20.1. The number of aromatic nitrogens is 2. The lowest BCUT2D eigenvalue weighted by Gasteiger charge is -2.07. The molecule has 0 aliphatic heterocycles. The van der Waals surface area contributed by atoms with Gasteiger partial charge in [-0.25, -0.2) is 9.18 Å². The standard InChI is InChI=1S/C21H19FN2O4/c1-13-4-8-16(9-5-13)21-24-23-20(28-21)14(2)27-19(25)11-7-15-6-10-18(26-3)17(22)12-15/h4-12,14H,1-3H3/b11-7+/t14-/m1/s1. The fourth-order valence-electron chi connectivity index (χ4n) is 2.43. The first kappa shape index (κ1) is 19.3. The number of benzene rings is 2. The first-order chi connectivity index (χ1) is 13.5. The van der Waals surface area contributed by atoms with Crippen LogP contribution in [0.4, 0.5) is 4.39 Å². The lowest BCUT2D eigenvalue weighted by atomic mass is 10.1. The maximum atomic E-state index is 13.7. The van der Waals surface area contributed by atoms with Gasteiger partial charge in [0, 0.05) is 11.6 Å². The van der Waals surface area contributed by atoms with Gasteiger partial charge in [-0.05, 0) is 49.8 Å². The van der Waals surface area contributed by atoms with Crippen molar-refractivity contribution in [1.29, 1.82) is 0 Å². The minimum Gasteiger partial charge on any atom is -0.494 e. The molecule has 0 aliphatic rings. The van der Waals surface area contributed by atoms with Crippen molar-refractivity contribution in [2.75, 3.05) is 7.11 Å². The predicted molar refractivity (Wildman–Crippen MR) is 101 cm³/mol. The predicted octanol–water partition coefficient (Wildman–Crippen LogP) is 4.51. The highest BCUT2D eigenvalue weighted by Crippen LogP contribution is 2.23. The molecule has 0 fully saturated rings. The Hall–Kier alpha value is -3.48. The minimum absolute atomic E-state index is 0.133. The first-order valence-electron chi connectivity index (χ1n) is 8.59. The molecular weight excluding hydrogens is 363 g/mol. The molecule has 2 aromatic carbocycles. The van der Waals surface area contributed by atoms with Crippen LogP contribution >= 0.6 is 0 Å². The van der Waals surface area contributed by atoms with Crippen molar-refractivity contribution in [2.45, 2.75) is 20.0 Å². The van der Waals surface area contributed by atoms with Gasteiger partial charge in [0.1, 0.15) is 0 Å². The van der Waals surface area contributed by atoms with Gasteiger partial charge >= 0.3 is 5.97 Å². The Bertz CT molecular complexity index is 996. The van der Waals surface area contributed by atoms with Crippen LogP contribution < -0.4 is 4.74 Å². The molecule has 1 heterocycles. The molecule has 6 nitrogen and oxygen atoms in total. The van der Waals surface area contributed by atoms with Crippen LogP contribution in [0, 0.1) is 12.7 Å². The number of methoxy groups -OCH3 is 1. The average Bonchev–Trinajstić information content (AvgIpc) is 3.17. The van der Waals surface area contributed by atoms with Gasteiger partial charge in [-0.2, -0.15) is 0 Å². The van der Waals surface area contributed by atoms with Gasteiger partial charge in [0.2, 0.25) is 5.89 Å². The Morgan fingerprint density at radius 3 is 2.61 bits per heavy atom. The van der Waals surface area contributed by atoms with Crippen LogP contribution in [0.3, 0.4) is 0 Å². The van der Waals surface area contributed by atoms with Crippen LogP contribution in [-0.4, -0.2) is 23.3 Å². The van der Waals surface area contributed by atoms with Gasteiger partial charge in [-0.3, -0.25) is 0 Å². The van der Waals surface area contributed by atoms with E-state index in [2.05, 4.69) is 10.2 Å². The summed E-state index contributed by atoms with van der Waals surface area (Å²) in [6, 6.07) is 12.0. The van der Waals surface area contributed by atoms with Crippen molar-refractivity contribution in [2.24, 2.45) is 0 Å². The number of esters is 1. The van der Waals surface area contributed by atoms with Crippen LogP contribution in [0.15, 0.2) is 53.0 Å². The fourth-order valence-corrected chi connectivity index (χ4v) is 2.43. The van der Waals surface area contributed by atoms with Gasteiger partial charge in [-0.15, -0.1) is 10.2 Å². The van der Waals surface area contributed by atoms with Crippen molar-refractivity contribution in [3.8, 4) is 17.2 Å². The Morgan fingerprint density at radius 1 is 1.18 bits per heavy atom. The van der Waals surface area contributed by atoms with Crippen LogP contribution in [0.1, 0.15) is 30.0 Å². The SMILES string of the molecule is COc1ccc(/C=C/C(=O)O[C@H](C)c2nnc(-c3ccc(C)cc3)o2)cc1F. The van der Waals surface area contributed by atoms with Crippen LogP contribution in [0.5, 0.6) is 5.75 Å². The molecule has 1 atom stereocenters. The molecule has 0 bridgehead atoms. The van der Waals surface area contributed by atoms with Crippen LogP contribution in [0.2, 0.25) is 0 Å². The van der Waals surface area contributed by atoms with E-state index < -0.39 is 17.9 Å². The number of halogens is 1. The number of hydrogen-bond acceptors (Lipinski definition) is 6. The highest BCUT2D eigenvalue weighted by Gasteiger charge is 2.18. The number of hydrogen-bond donors (Lipinski definition) is 0. The number of rotatable bonds is 6. The molecule has 28 heavy (non-hydrogen) atoms. The maximum Gasteiger partial charge on any atom is 0.331 e. The molecule has 0 N–H and O–H groups in total. The van der Waals surface area contributed by atoms with E-state index in [1.54, 1.807) is 13.0 Å². The molecule has 3 rings (SSSR count). The summed E-state index contributed by atoms with van der Waals surface area (Å²) in [7, 11) is 1.38. The van der Waals surface area contributed by atoms with Crippen molar-refractivity contribution in [3.63, 3.8) is 0 Å². The van der Waals surface area contributed by atoms with E-state index in [4.69, 9.17) is 13.9 Å². The zero-order valence-corrected chi connectivity index (χ0v) is 15.7. The van der Waals surface area contributed by atoms with E-state index >= 15 is 0 Å². The van der Waals surface area contributed by atoms with Gasteiger partial charge < -0.3 is 13.9 Å². The highest BCUT2D eigenvalue weighted by atomic mass is 19.1. The molecule has 0 saturated heterocycles. The second-order valence-electron chi connectivity index (χ2n) is 6.12. The summed E-state index contributed by atoms with van der Waals surface area (Å²) >= 11 is 0. The van der Waals surface area contributed by atoms with Gasteiger partial charge in [0.25, 0.3) is 5.89 Å². The van der Waals surface area contributed by atoms with Crippen molar-refractivity contribution < 1.29 is 23.1 Å². The molecule has 0 saturated carbocycles. The van der Waals surface area contributed by atoms with Crippen LogP contribution in [-0.2, 0) is 9.53 Å². The van der Waals surface area contributed by atoms with Gasteiger partial charge in [0.05, 0.1) is 7.11 Å². The summed E-state index contributed by atoms with van der Waals surface area (Å²) in [5.41, 5.74) is 2.40. The Balaban J connectivity index is 1.62. The number of carbonyl (C=O) groups is 1. The van der Waals surface area contributed by atoms with Crippen molar-refractivity contribution >= 4 is 12.0 Å². The summed E-state index contributed by atoms with van der Waals surface area (Å²) in [5, 5.41) is 7.92. The quantitative estimate of drug-likeness (QED) is 0.461. The average molecular weight is 382 g/mol. The third-order valence-electron chi connectivity index (χ3n) is 3.97. The molecule has 1 aromatic heterocycles. The lowest BCUT2D eigenvalue weighted by molar-refractivity contribution is -0.143. The molecule has 0 unspecified atom stereocenters. The van der Waals surface area contributed by atoms with Gasteiger partial charge in [0.15, 0.2) is 17.7 Å². The van der Waals surface area contributed by atoms with Gasteiger partial charge in [-0.1, -0.05) is 23.8 Å². The molecular formula is C21H19FN2O4. The normalized spacial score (nSPS) is 12.1. The van der Waals surface area contributed by atoms with E-state index in [9.17, 15) is 9.18 Å². The number of carbonyl (C=O) groups excluding carboxylic acids is 1.